The number of hydrogen-bond donors (Lipinski definition) is 1. The van der Waals surface area contributed by atoms with Crippen molar-refractivity contribution in [1.29, 1.82) is 0 Å². The van der Waals surface area contributed by atoms with Crippen molar-refractivity contribution in [2.75, 3.05) is 7.11 Å². The quantitative estimate of drug-likeness (QED) is 0.549. The van der Waals surface area contributed by atoms with Gasteiger partial charge >= 0.3 is 160 Å². The molecule has 0 saturated carbocycles. The molecule has 0 bridgehead atoms. The molecule has 0 unspecified atom stereocenters. The third-order valence-corrected chi connectivity index (χ3v) is 7.84. The van der Waals surface area contributed by atoms with Gasteiger partial charge in [0.1, 0.15) is 0 Å². The number of hydrogen-bond acceptors (Lipinski definition) is 2. The number of methoxy groups -OCH3 is 1. The van der Waals surface area contributed by atoms with Crippen LogP contribution in [0.4, 0.5) is 0 Å². The Balaban J connectivity index is 2.07. The molecule has 0 aliphatic carbocycles. The Kier molecular flexibility index (Phi) is 5.95. The van der Waals surface area contributed by atoms with Crippen LogP contribution in [0.5, 0.6) is 5.75 Å². The van der Waals surface area contributed by atoms with Gasteiger partial charge in [-0.05, 0) is 0 Å². The summed E-state index contributed by atoms with van der Waals surface area (Å²) in [4.78, 5) is 12.0. The summed E-state index contributed by atoms with van der Waals surface area (Å²) in [6, 6.07) is 23.7. The van der Waals surface area contributed by atoms with Crippen molar-refractivity contribution in [3.05, 3.63) is 78.4 Å². The van der Waals surface area contributed by atoms with Gasteiger partial charge in [0.2, 0.25) is 0 Å². The second-order valence-corrected chi connectivity index (χ2v) is 9.81. The Labute approximate surface area is 159 Å². The second-order valence-electron chi connectivity index (χ2n) is 5.13. The summed E-state index contributed by atoms with van der Waals surface area (Å²) < 4.78 is 9.41. The number of carboxylic acids is 1. The van der Waals surface area contributed by atoms with Crippen molar-refractivity contribution in [2.45, 2.75) is 0 Å². The second kappa shape index (κ2) is 8.37. The standard InChI is InChI=1S/C20H16O3Se2/c1-23-14-12-17(24-15-8-4-2-5-9-15)19(20(21)22)18(13-14)25-16-10-6-3-7-11-16/h2-13H,1H3,(H,21,22). The minimum absolute atomic E-state index is 0.0922. The van der Waals surface area contributed by atoms with Crippen LogP contribution in [0.25, 0.3) is 0 Å². The molecule has 0 fully saturated rings. The van der Waals surface area contributed by atoms with Crippen LogP contribution in [-0.4, -0.2) is 48.1 Å². The van der Waals surface area contributed by atoms with E-state index >= 15 is 0 Å². The Bertz CT molecular complexity index is 802. The first-order chi connectivity index (χ1) is 12.2. The van der Waals surface area contributed by atoms with Crippen LogP contribution in [0, 0.1) is 0 Å². The van der Waals surface area contributed by atoms with E-state index in [4.69, 9.17) is 4.74 Å². The molecule has 5 heteroatoms. The molecule has 0 aromatic heterocycles. The summed E-state index contributed by atoms with van der Waals surface area (Å²) in [6.07, 6.45) is 0. The average molecular weight is 462 g/mol. The summed E-state index contributed by atoms with van der Waals surface area (Å²) in [7, 11) is 1.62. The molecular weight excluding hydrogens is 446 g/mol. The molecule has 0 radical (unpaired) electrons. The molecule has 3 aromatic rings. The summed E-state index contributed by atoms with van der Waals surface area (Å²) >= 11 is -0.184. The molecule has 25 heavy (non-hydrogen) atoms. The molecule has 0 aliphatic rings. The molecule has 3 nitrogen and oxygen atoms in total. The maximum atomic E-state index is 12.0. The molecule has 3 rings (SSSR count). The van der Waals surface area contributed by atoms with E-state index in [9.17, 15) is 9.90 Å². The minimum atomic E-state index is -0.872. The number of ether oxygens (including phenoxy) is 1. The van der Waals surface area contributed by atoms with Crippen LogP contribution in [0.2, 0.25) is 0 Å². The number of aromatic carboxylic acids is 1. The van der Waals surface area contributed by atoms with E-state index in [0.29, 0.717) is 11.3 Å². The first-order valence-electron chi connectivity index (χ1n) is 7.58. The predicted octanol–water partition coefficient (Wildman–Crippen LogP) is 0.703. The first-order valence-corrected chi connectivity index (χ1v) is 11.0. The van der Waals surface area contributed by atoms with Gasteiger partial charge in [-0.3, -0.25) is 0 Å². The average Bonchev–Trinajstić information content (AvgIpc) is 2.63. The van der Waals surface area contributed by atoms with Crippen molar-refractivity contribution in [3.8, 4) is 5.75 Å². The fourth-order valence-corrected chi connectivity index (χ4v) is 6.90. The van der Waals surface area contributed by atoms with Gasteiger partial charge in [-0.15, -0.1) is 0 Å². The van der Waals surface area contributed by atoms with E-state index in [2.05, 4.69) is 0 Å². The van der Waals surface area contributed by atoms with E-state index in [1.54, 1.807) is 7.11 Å². The zero-order chi connectivity index (χ0) is 17.6. The summed E-state index contributed by atoms with van der Waals surface area (Å²) in [5, 5.41) is 9.85. The van der Waals surface area contributed by atoms with E-state index in [0.717, 1.165) is 17.8 Å². The van der Waals surface area contributed by atoms with Crippen LogP contribution >= 0.6 is 0 Å². The molecule has 0 amide bonds. The SMILES string of the molecule is COc1cc([Se]c2ccccc2)c(C(=O)O)c([Se]c2ccccc2)c1. The Hall–Kier alpha value is -2.03. The predicted molar refractivity (Wildman–Crippen MR) is 103 cm³/mol. The molecule has 0 heterocycles. The van der Waals surface area contributed by atoms with Crippen LogP contribution in [0.1, 0.15) is 10.4 Å². The fourth-order valence-electron chi connectivity index (χ4n) is 2.29. The summed E-state index contributed by atoms with van der Waals surface area (Å²) in [5.74, 6) is -0.158. The van der Waals surface area contributed by atoms with Crippen LogP contribution in [-0.2, 0) is 0 Å². The molecule has 0 saturated heterocycles. The van der Waals surface area contributed by atoms with Gasteiger partial charge in [0.25, 0.3) is 0 Å². The fraction of sp³-hybridized carbons (Fsp3) is 0.0500. The topological polar surface area (TPSA) is 46.5 Å². The number of carboxylic acid groups (broad SMARTS) is 1. The van der Waals surface area contributed by atoms with Gasteiger partial charge < -0.3 is 0 Å². The molecule has 0 aliphatic heterocycles. The molecule has 126 valence electrons. The van der Waals surface area contributed by atoms with Crippen molar-refractivity contribution >= 4 is 53.7 Å². The zero-order valence-corrected chi connectivity index (χ0v) is 16.9. The van der Waals surface area contributed by atoms with Gasteiger partial charge in [-0.1, -0.05) is 0 Å². The van der Waals surface area contributed by atoms with E-state index < -0.39 is 5.97 Å². The monoisotopic (exact) mass is 464 g/mol. The zero-order valence-electron chi connectivity index (χ0n) is 13.5. The summed E-state index contributed by atoms with van der Waals surface area (Å²) in [6.45, 7) is 0. The Morgan fingerprint density at radius 1 is 0.840 bits per heavy atom. The van der Waals surface area contributed by atoms with Crippen molar-refractivity contribution < 1.29 is 14.6 Å². The van der Waals surface area contributed by atoms with Gasteiger partial charge in [-0.2, -0.15) is 0 Å². The first kappa shape index (κ1) is 17.8. The Morgan fingerprint density at radius 2 is 1.28 bits per heavy atom. The van der Waals surface area contributed by atoms with Crippen LogP contribution in [0.15, 0.2) is 72.8 Å². The molecule has 1 N–H and O–H groups in total. The number of benzene rings is 3. The van der Waals surface area contributed by atoms with Gasteiger partial charge in [0, 0.05) is 0 Å². The van der Waals surface area contributed by atoms with Gasteiger partial charge in [-0.25, -0.2) is 0 Å². The van der Waals surface area contributed by atoms with Crippen molar-refractivity contribution in [2.24, 2.45) is 0 Å². The molecule has 3 aromatic carbocycles. The van der Waals surface area contributed by atoms with E-state index in [1.807, 2.05) is 72.8 Å². The van der Waals surface area contributed by atoms with E-state index in [-0.39, 0.29) is 29.9 Å². The van der Waals surface area contributed by atoms with Crippen molar-refractivity contribution in [1.82, 2.24) is 0 Å². The third kappa shape index (κ3) is 4.53. The van der Waals surface area contributed by atoms with E-state index in [1.165, 1.54) is 0 Å². The van der Waals surface area contributed by atoms with Gasteiger partial charge in [0.05, 0.1) is 0 Å². The molecule has 0 spiro atoms. The number of carbonyl (C=O) groups is 1. The normalized spacial score (nSPS) is 10.4. The van der Waals surface area contributed by atoms with Crippen LogP contribution < -0.4 is 22.6 Å². The summed E-state index contributed by atoms with van der Waals surface area (Å²) in [5.41, 5.74) is 0.425. The number of rotatable bonds is 6. The molecular formula is C20H16O3Se2. The van der Waals surface area contributed by atoms with Crippen LogP contribution in [0.3, 0.4) is 0 Å². The Morgan fingerprint density at radius 3 is 1.64 bits per heavy atom. The third-order valence-electron chi connectivity index (χ3n) is 3.43. The van der Waals surface area contributed by atoms with Gasteiger partial charge in [0.15, 0.2) is 0 Å². The maximum absolute atomic E-state index is 12.0. The molecule has 0 atom stereocenters. The van der Waals surface area contributed by atoms with Crippen molar-refractivity contribution in [3.63, 3.8) is 0 Å².